The lowest BCUT2D eigenvalue weighted by atomic mass is 10.2. The van der Waals surface area contributed by atoms with Crippen molar-refractivity contribution in [3.63, 3.8) is 0 Å². The van der Waals surface area contributed by atoms with E-state index in [1.165, 1.54) is 16.8 Å². The van der Waals surface area contributed by atoms with E-state index in [0.717, 1.165) is 0 Å². The first kappa shape index (κ1) is 12.1. The van der Waals surface area contributed by atoms with Crippen molar-refractivity contribution < 1.29 is 9.34 Å². The first-order chi connectivity index (χ1) is 9.47. The minimum absolute atomic E-state index is 0.151. The van der Waals surface area contributed by atoms with Crippen LogP contribution in [-0.2, 0) is 7.05 Å². The average Bonchev–Trinajstić information content (AvgIpc) is 2.95. The first-order valence-corrected chi connectivity index (χ1v) is 5.65. The number of nitrogens with one attached hydrogen (secondary N) is 1. The second-order valence-electron chi connectivity index (χ2n) is 4.22. The van der Waals surface area contributed by atoms with Gasteiger partial charge < -0.3 is 9.40 Å². The molecule has 0 aliphatic rings. The second kappa shape index (κ2) is 4.02. The molecule has 0 aromatic carbocycles. The Morgan fingerprint density at radius 2 is 2.20 bits per heavy atom. The molecule has 0 fully saturated rings. The minimum atomic E-state index is -0.652. The molecule has 0 radical (unpaired) electrons. The fraction of sp³-hybridized carbons (Fsp3) is 0.182. The van der Waals surface area contributed by atoms with Crippen LogP contribution in [0.3, 0.4) is 0 Å². The maximum absolute atomic E-state index is 12.0. The van der Waals surface area contributed by atoms with E-state index in [1.54, 1.807) is 14.0 Å². The molecule has 9 heteroatoms. The molecule has 0 amide bonds. The summed E-state index contributed by atoms with van der Waals surface area (Å²) in [4.78, 5) is 28.8. The van der Waals surface area contributed by atoms with Crippen LogP contribution in [0, 0.1) is 17.0 Å². The smallest absolute Gasteiger partial charge is 0.399 e. The third-order valence-corrected chi connectivity index (χ3v) is 2.82. The number of aromatic amines is 1. The number of hydrogen-bond donors (Lipinski definition) is 1. The Hall–Kier alpha value is -2.97. The number of nitro groups is 1. The van der Waals surface area contributed by atoms with Crippen LogP contribution in [0.25, 0.3) is 22.5 Å². The van der Waals surface area contributed by atoms with E-state index in [4.69, 9.17) is 4.42 Å². The van der Waals surface area contributed by atoms with Crippen LogP contribution in [0.5, 0.6) is 0 Å². The van der Waals surface area contributed by atoms with Crippen molar-refractivity contribution in [2.75, 3.05) is 0 Å². The number of aromatic nitrogens is 4. The summed E-state index contributed by atoms with van der Waals surface area (Å²) >= 11 is 0. The van der Waals surface area contributed by atoms with Gasteiger partial charge in [0.2, 0.25) is 0 Å². The summed E-state index contributed by atoms with van der Waals surface area (Å²) in [7, 11) is 1.63. The number of H-pyrrole nitrogens is 1. The number of fused-ring (bicyclic) bond motifs is 1. The van der Waals surface area contributed by atoms with Gasteiger partial charge in [-0.05, 0) is 13.0 Å². The summed E-state index contributed by atoms with van der Waals surface area (Å²) in [5.74, 6) is 0.205. The van der Waals surface area contributed by atoms with Gasteiger partial charge in [-0.2, -0.15) is 5.10 Å². The molecule has 9 nitrogen and oxygen atoms in total. The van der Waals surface area contributed by atoms with Crippen LogP contribution in [0.1, 0.15) is 5.82 Å². The Bertz CT molecular complexity index is 888. The van der Waals surface area contributed by atoms with Gasteiger partial charge in [0.25, 0.3) is 5.56 Å². The second-order valence-corrected chi connectivity index (χ2v) is 4.22. The highest BCUT2D eigenvalue weighted by molar-refractivity contribution is 5.89. The molecule has 0 atom stereocenters. The number of nitrogens with zero attached hydrogens (tertiary/aromatic N) is 4. The summed E-state index contributed by atoms with van der Waals surface area (Å²) < 4.78 is 6.51. The third-order valence-electron chi connectivity index (χ3n) is 2.82. The van der Waals surface area contributed by atoms with Gasteiger partial charge in [0.1, 0.15) is 21.8 Å². The monoisotopic (exact) mass is 275 g/mol. The van der Waals surface area contributed by atoms with Crippen molar-refractivity contribution in [1.82, 2.24) is 19.7 Å². The molecule has 3 rings (SSSR count). The van der Waals surface area contributed by atoms with Gasteiger partial charge in [-0.1, -0.05) is 0 Å². The topological polar surface area (TPSA) is 120 Å². The van der Waals surface area contributed by atoms with E-state index in [1.807, 2.05) is 0 Å². The van der Waals surface area contributed by atoms with Crippen LogP contribution in [0.15, 0.2) is 21.3 Å². The summed E-state index contributed by atoms with van der Waals surface area (Å²) in [5.41, 5.74) is 0.249. The average molecular weight is 275 g/mol. The lowest BCUT2D eigenvalue weighted by Crippen LogP contribution is -2.10. The molecule has 3 heterocycles. The minimum Gasteiger partial charge on any atom is -0.399 e. The lowest BCUT2D eigenvalue weighted by Gasteiger charge is -1.94. The molecular formula is C11H9N5O4. The van der Waals surface area contributed by atoms with Crippen molar-refractivity contribution >= 4 is 16.9 Å². The Morgan fingerprint density at radius 3 is 2.85 bits per heavy atom. The molecule has 102 valence electrons. The molecule has 0 aliphatic carbocycles. The number of hydrogen-bond acceptors (Lipinski definition) is 6. The summed E-state index contributed by atoms with van der Waals surface area (Å²) in [6, 6.07) is 2.62. The molecule has 0 saturated carbocycles. The Balaban J connectivity index is 2.31. The van der Waals surface area contributed by atoms with Crippen molar-refractivity contribution in [2.45, 2.75) is 6.92 Å². The van der Waals surface area contributed by atoms with E-state index < -0.39 is 10.8 Å². The molecule has 0 spiro atoms. The van der Waals surface area contributed by atoms with Crippen LogP contribution >= 0.6 is 0 Å². The molecular weight excluding hydrogens is 266 g/mol. The van der Waals surface area contributed by atoms with Gasteiger partial charge >= 0.3 is 5.88 Å². The third kappa shape index (κ3) is 1.67. The first-order valence-electron chi connectivity index (χ1n) is 5.65. The number of rotatable bonds is 2. The lowest BCUT2D eigenvalue weighted by molar-refractivity contribution is -0.401. The normalized spacial score (nSPS) is 11.1. The maximum atomic E-state index is 12.0. The van der Waals surface area contributed by atoms with Gasteiger partial charge in [0, 0.05) is 7.05 Å². The van der Waals surface area contributed by atoms with Crippen molar-refractivity contribution in [3.8, 4) is 11.5 Å². The molecule has 0 unspecified atom stereocenters. The molecule has 3 aromatic heterocycles. The Labute approximate surface area is 111 Å². The van der Waals surface area contributed by atoms with Crippen molar-refractivity contribution in [2.24, 2.45) is 7.05 Å². The highest BCUT2D eigenvalue weighted by atomic mass is 16.6. The fourth-order valence-electron chi connectivity index (χ4n) is 1.99. The van der Waals surface area contributed by atoms with Crippen molar-refractivity contribution in [3.05, 3.63) is 38.4 Å². The highest BCUT2D eigenvalue weighted by Crippen LogP contribution is 2.28. The summed E-state index contributed by atoms with van der Waals surface area (Å²) in [6.45, 7) is 1.66. The van der Waals surface area contributed by atoms with E-state index in [9.17, 15) is 14.9 Å². The van der Waals surface area contributed by atoms with Crippen LogP contribution < -0.4 is 5.56 Å². The zero-order chi connectivity index (χ0) is 14.4. The van der Waals surface area contributed by atoms with Gasteiger partial charge in [-0.3, -0.25) is 14.9 Å². The molecule has 3 aromatic rings. The number of aryl methyl sites for hydroxylation is 2. The van der Waals surface area contributed by atoms with E-state index >= 15 is 0 Å². The van der Waals surface area contributed by atoms with Gasteiger partial charge in [0.05, 0.1) is 6.07 Å². The van der Waals surface area contributed by atoms with Gasteiger partial charge in [0.15, 0.2) is 11.4 Å². The van der Waals surface area contributed by atoms with Crippen molar-refractivity contribution in [1.29, 1.82) is 0 Å². The van der Waals surface area contributed by atoms with Crippen LogP contribution in [0.4, 0.5) is 5.88 Å². The molecule has 0 aliphatic heterocycles. The van der Waals surface area contributed by atoms with Gasteiger partial charge in [-0.15, -0.1) is 0 Å². The zero-order valence-electron chi connectivity index (χ0n) is 10.6. The standard InChI is InChI=1S/C11H9N5O4/c1-5-12-10-8(11(17)13-5)9(14-15(10)2)6-3-4-7(20-6)16(18)19/h3-4H,1-2H3,(H,12,13,17). The quantitative estimate of drug-likeness (QED) is 0.553. The van der Waals surface area contributed by atoms with E-state index in [2.05, 4.69) is 15.1 Å². The summed E-state index contributed by atoms with van der Waals surface area (Å²) in [6.07, 6.45) is 0. The largest absolute Gasteiger partial charge is 0.433 e. The Morgan fingerprint density at radius 1 is 1.45 bits per heavy atom. The maximum Gasteiger partial charge on any atom is 0.433 e. The molecule has 0 bridgehead atoms. The predicted octanol–water partition coefficient (Wildman–Crippen LogP) is 1.13. The number of furan rings is 1. The Kier molecular flexibility index (Phi) is 2.43. The van der Waals surface area contributed by atoms with Crippen LogP contribution in [-0.4, -0.2) is 24.7 Å². The molecule has 0 saturated heterocycles. The zero-order valence-corrected chi connectivity index (χ0v) is 10.6. The predicted molar refractivity (Wildman–Crippen MR) is 68.2 cm³/mol. The summed E-state index contributed by atoms with van der Waals surface area (Å²) in [5, 5.41) is 15.0. The SMILES string of the molecule is Cc1nc2c(c(-c3ccc([N+](=O)[O-])o3)nn2C)c(=O)[nH]1. The van der Waals surface area contributed by atoms with E-state index in [0.29, 0.717) is 11.5 Å². The fourth-order valence-corrected chi connectivity index (χ4v) is 1.99. The van der Waals surface area contributed by atoms with Crippen LogP contribution in [0.2, 0.25) is 0 Å². The molecule has 1 N–H and O–H groups in total. The van der Waals surface area contributed by atoms with E-state index in [-0.39, 0.29) is 22.4 Å². The highest BCUT2D eigenvalue weighted by Gasteiger charge is 2.21. The van der Waals surface area contributed by atoms with Gasteiger partial charge in [-0.25, -0.2) is 9.67 Å². The molecule has 20 heavy (non-hydrogen) atoms.